The lowest BCUT2D eigenvalue weighted by Crippen LogP contribution is -2.12. The van der Waals surface area contributed by atoms with Crippen LogP contribution in [0.25, 0.3) is 0 Å². The Labute approximate surface area is 139 Å². The average molecular weight is 304 g/mol. The van der Waals surface area contributed by atoms with E-state index in [2.05, 4.69) is 49.3 Å². The Hall–Kier alpha value is -0.820. The summed E-state index contributed by atoms with van der Waals surface area (Å²) in [6, 6.07) is 10.9. The van der Waals surface area contributed by atoms with E-state index in [0.717, 1.165) is 0 Å². The third-order valence-electron chi connectivity index (χ3n) is 4.41. The molecule has 0 aromatic heterocycles. The highest BCUT2D eigenvalue weighted by Crippen LogP contribution is 2.12. The SMILES string of the molecule is CN(C)CCCCCCCCCCCCCc1ccccc1. The molecule has 0 aliphatic rings. The molecule has 0 fully saturated rings. The van der Waals surface area contributed by atoms with Crippen molar-refractivity contribution in [2.24, 2.45) is 0 Å². The van der Waals surface area contributed by atoms with Crippen molar-refractivity contribution >= 4 is 0 Å². The van der Waals surface area contributed by atoms with Crippen LogP contribution in [-0.2, 0) is 6.42 Å². The molecule has 1 heteroatoms. The van der Waals surface area contributed by atoms with Crippen molar-refractivity contribution < 1.29 is 0 Å². The maximum absolute atomic E-state index is 2.29. The van der Waals surface area contributed by atoms with Crippen LogP contribution in [0.2, 0.25) is 0 Å². The minimum Gasteiger partial charge on any atom is -0.309 e. The van der Waals surface area contributed by atoms with Gasteiger partial charge in [-0.25, -0.2) is 0 Å². The number of rotatable bonds is 14. The molecule has 0 aliphatic carbocycles. The standard InChI is InChI=1S/C21H37N/c1-22(2)20-16-11-9-7-5-3-4-6-8-10-13-17-21-18-14-12-15-19-21/h12,14-15,18-19H,3-11,13,16-17,20H2,1-2H3. The minimum atomic E-state index is 1.25. The van der Waals surface area contributed by atoms with Crippen molar-refractivity contribution in [1.29, 1.82) is 0 Å². The van der Waals surface area contributed by atoms with E-state index < -0.39 is 0 Å². The summed E-state index contributed by atoms with van der Waals surface area (Å²) in [6.45, 7) is 1.25. The van der Waals surface area contributed by atoms with E-state index in [1.54, 1.807) is 0 Å². The Morgan fingerprint density at radius 1 is 0.591 bits per heavy atom. The quantitative estimate of drug-likeness (QED) is 0.376. The van der Waals surface area contributed by atoms with Crippen LogP contribution in [0, 0.1) is 0 Å². The van der Waals surface area contributed by atoms with Gasteiger partial charge in [0.05, 0.1) is 0 Å². The van der Waals surface area contributed by atoms with E-state index in [4.69, 9.17) is 0 Å². The van der Waals surface area contributed by atoms with E-state index >= 15 is 0 Å². The summed E-state index contributed by atoms with van der Waals surface area (Å²) in [5.41, 5.74) is 1.50. The Morgan fingerprint density at radius 3 is 1.55 bits per heavy atom. The predicted octanol–water partition coefficient (Wildman–Crippen LogP) is 6.08. The monoisotopic (exact) mass is 303 g/mol. The number of nitrogens with zero attached hydrogens (tertiary/aromatic N) is 1. The van der Waals surface area contributed by atoms with Crippen molar-refractivity contribution in [3.63, 3.8) is 0 Å². The topological polar surface area (TPSA) is 3.24 Å². The van der Waals surface area contributed by atoms with Gasteiger partial charge >= 0.3 is 0 Å². The first-order valence-electron chi connectivity index (χ1n) is 9.47. The van der Waals surface area contributed by atoms with Crippen molar-refractivity contribution in [2.75, 3.05) is 20.6 Å². The second kappa shape index (κ2) is 13.8. The molecule has 0 atom stereocenters. The van der Waals surface area contributed by atoms with Gasteiger partial charge in [0, 0.05) is 0 Å². The van der Waals surface area contributed by atoms with Crippen LogP contribution in [0.15, 0.2) is 30.3 Å². The summed E-state index contributed by atoms with van der Waals surface area (Å²) >= 11 is 0. The number of hydrogen-bond donors (Lipinski definition) is 0. The molecule has 0 spiro atoms. The summed E-state index contributed by atoms with van der Waals surface area (Å²) in [7, 11) is 4.33. The molecule has 1 nitrogen and oxygen atoms in total. The van der Waals surface area contributed by atoms with Gasteiger partial charge in [0.2, 0.25) is 0 Å². The summed E-state index contributed by atoms with van der Waals surface area (Å²) in [6.07, 6.45) is 16.9. The lowest BCUT2D eigenvalue weighted by molar-refractivity contribution is 0.389. The van der Waals surface area contributed by atoms with Gasteiger partial charge in [-0.1, -0.05) is 88.1 Å². The lowest BCUT2D eigenvalue weighted by atomic mass is 10.0. The number of benzene rings is 1. The van der Waals surface area contributed by atoms with Crippen molar-refractivity contribution in [2.45, 2.75) is 77.0 Å². The van der Waals surface area contributed by atoms with Crippen LogP contribution >= 0.6 is 0 Å². The normalized spacial score (nSPS) is 11.2. The fraction of sp³-hybridized carbons (Fsp3) is 0.714. The Kier molecular flexibility index (Phi) is 12.1. The van der Waals surface area contributed by atoms with Gasteiger partial charge in [-0.15, -0.1) is 0 Å². The third-order valence-corrected chi connectivity index (χ3v) is 4.41. The molecule has 0 N–H and O–H groups in total. The van der Waals surface area contributed by atoms with Crippen LogP contribution < -0.4 is 0 Å². The van der Waals surface area contributed by atoms with E-state index in [1.807, 2.05) is 0 Å². The van der Waals surface area contributed by atoms with Gasteiger partial charge in [-0.05, 0) is 45.5 Å². The molecule has 0 bridgehead atoms. The van der Waals surface area contributed by atoms with Gasteiger partial charge in [0.1, 0.15) is 0 Å². The zero-order valence-electron chi connectivity index (χ0n) is 15.0. The Bertz CT molecular complexity index is 331. The molecule has 0 unspecified atom stereocenters. The zero-order chi connectivity index (χ0) is 15.9. The van der Waals surface area contributed by atoms with Gasteiger partial charge < -0.3 is 4.90 Å². The Balaban J connectivity index is 1.75. The summed E-state index contributed by atoms with van der Waals surface area (Å²) in [4.78, 5) is 2.29. The van der Waals surface area contributed by atoms with Crippen LogP contribution in [0.5, 0.6) is 0 Å². The van der Waals surface area contributed by atoms with Crippen LogP contribution in [0.4, 0.5) is 0 Å². The summed E-state index contributed by atoms with van der Waals surface area (Å²) in [5.74, 6) is 0. The van der Waals surface area contributed by atoms with E-state index in [0.29, 0.717) is 0 Å². The molecular weight excluding hydrogens is 266 g/mol. The molecular formula is C21H37N. The second-order valence-corrected chi connectivity index (χ2v) is 6.93. The molecule has 1 aromatic rings. The second-order valence-electron chi connectivity index (χ2n) is 6.93. The molecule has 126 valence electrons. The Morgan fingerprint density at radius 2 is 1.05 bits per heavy atom. The molecule has 0 amide bonds. The number of unbranched alkanes of at least 4 members (excludes halogenated alkanes) is 10. The lowest BCUT2D eigenvalue weighted by Gasteiger charge is -2.08. The smallest absolute Gasteiger partial charge is 0.00248 e. The molecule has 0 saturated heterocycles. The molecule has 0 radical (unpaired) electrons. The fourth-order valence-electron chi connectivity index (χ4n) is 2.99. The molecule has 0 saturated carbocycles. The van der Waals surface area contributed by atoms with Crippen molar-refractivity contribution in [1.82, 2.24) is 4.90 Å². The van der Waals surface area contributed by atoms with Crippen molar-refractivity contribution in [3.05, 3.63) is 35.9 Å². The zero-order valence-corrected chi connectivity index (χ0v) is 15.0. The van der Waals surface area contributed by atoms with Crippen LogP contribution in [0.3, 0.4) is 0 Å². The van der Waals surface area contributed by atoms with E-state index in [-0.39, 0.29) is 0 Å². The molecule has 1 aromatic carbocycles. The highest BCUT2D eigenvalue weighted by atomic mass is 15.0. The molecule has 0 heterocycles. The first-order valence-corrected chi connectivity index (χ1v) is 9.47. The summed E-state index contributed by atoms with van der Waals surface area (Å²) in [5, 5.41) is 0. The van der Waals surface area contributed by atoms with Gasteiger partial charge in [0.25, 0.3) is 0 Å². The first kappa shape index (κ1) is 19.2. The van der Waals surface area contributed by atoms with Gasteiger partial charge in [-0.2, -0.15) is 0 Å². The van der Waals surface area contributed by atoms with Crippen molar-refractivity contribution in [3.8, 4) is 0 Å². The number of hydrogen-bond acceptors (Lipinski definition) is 1. The first-order chi connectivity index (χ1) is 10.8. The van der Waals surface area contributed by atoms with Crippen LogP contribution in [-0.4, -0.2) is 25.5 Å². The molecule has 0 aliphatic heterocycles. The van der Waals surface area contributed by atoms with E-state index in [9.17, 15) is 0 Å². The third kappa shape index (κ3) is 11.8. The largest absolute Gasteiger partial charge is 0.309 e. The highest BCUT2D eigenvalue weighted by molar-refractivity contribution is 5.14. The summed E-state index contributed by atoms with van der Waals surface area (Å²) < 4.78 is 0. The maximum Gasteiger partial charge on any atom is -0.00248 e. The predicted molar refractivity (Wildman–Crippen MR) is 99.5 cm³/mol. The van der Waals surface area contributed by atoms with Gasteiger partial charge in [-0.3, -0.25) is 0 Å². The van der Waals surface area contributed by atoms with E-state index in [1.165, 1.54) is 89.2 Å². The fourth-order valence-corrected chi connectivity index (χ4v) is 2.99. The minimum absolute atomic E-state index is 1.25. The highest BCUT2D eigenvalue weighted by Gasteiger charge is 1.95. The van der Waals surface area contributed by atoms with Gasteiger partial charge in [0.15, 0.2) is 0 Å². The molecule has 22 heavy (non-hydrogen) atoms. The average Bonchev–Trinajstić information content (AvgIpc) is 2.52. The van der Waals surface area contributed by atoms with Crippen LogP contribution in [0.1, 0.15) is 76.2 Å². The number of aryl methyl sites for hydroxylation is 1. The maximum atomic E-state index is 2.29. The molecule has 1 rings (SSSR count).